The predicted molar refractivity (Wildman–Crippen MR) is 95.5 cm³/mol. The second-order valence-corrected chi connectivity index (χ2v) is 6.92. The van der Waals surface area contributed by atoms with Crippen molar-refractivity contribution in [2.24, 2.45) is 0 Å². The molecule has 0 atom stereocenters. The number of aromatic nitrogens is 2. The number of aliphatic hydroxyl groups is 1. The molecular formula is C17H17Cl2N3O3. The number of allylic oxidation sites excluding steroid dienone is 1. The van der Waals surface area contributed by atoms with Crippen LogP contribution in [0.4, 0.5) is 0 Å². The molecule has 0 spiro atoms. The first-order valence-electron chi connectivity index (χ1n) is 8.20. The standard InChI is InChI=1S/C17H17Cl2N3O3/c18-14-16-13(15(21-17(14)19)11-3-1-2-6-25-11)9-7-22(12(24)8-23)5-4-10(9)20-16/h3,20,23H,1-2,4-8H2. The van der Waals surface area contributed by atoms with Crippen LogP contribution in [0.25, 0.3) is 16.7 Å². The Labute approximate surface area is 154 Å². The van der Waals surface area contributed by atoms with Gasteiger partial charge in [0.15, 0.2) is 5.15 Å². The number of amides is 1. The molecule has 0 bridgehead atoms. The molecule has 2 aromatic rings. The molecule has 2 aliphatic heterocycles. The van der Waals surface area contributed by atoms with Gasteiger partial charge in [-0.15, -0.1) is 0 Å². The summed E-state index contributed by atoms with van der Waals surface area (Å²) in [5.41, 5.74) is 3.34. The van der Waals surface area contributed by atoms with Gasteiger partial charge in [0.2, 0.25) is 5.91 Å². The van der Waals surface area contributed by atoms with Crippen molar-refractivity contribution in [3.63, 3.8) is 0 Å². The molecule has 0 radical (unpaired) electrons. The zero-order chi connectivity index (χ0) is 17.6. The summed E-state index contributed by atoms with van der Waals surface area (Å²) < 4.78 is 5.79. The minimum Gasteiger partial charge on any atom is -0.492 e. The van der Waals surface area contributed by atoms with Crippen LogP contribution in [0, 0.1) is 0 Å². The zero-order valence-corrected chi connectivity index (χ0v) is 15.0. The minimum absolute atomic E-state index is 0.223. The third-order valence-electron chi connectivity index (χ3n) is 4.68. The van der Waals surface area contributed by atoms with Gasteiger partial charge in [-0.1, -0.05) is 23.2 Å². The summed E-state index contributed by atoms with van der Waals surface area (Å²) in [6.45, 7) is 1.09. The number of pyridine rings is 1. The van der Waals surface area contributed by atoms with Crippen LogP contribution in [0.15, 0.2) is 6.08 Å². The molecule has 2 aliphatic rings. The highest BCUT2D eigenvalue weighted by Crippen LogP contribution is 2.39. The van der Waals surface area contributed by atoms with E-state index < -0.39 is 6.61 Å². The Morgan fingerprint density at radius 2 is 2.28 bits per heavy atom. The van der Waals surface area contributed by atoms with Crippen LogP contribution in [0.5, 0.6) is 0 Å². The number of nitrogens with one attached hydrogen (secondary N) is 1. The number of carbonyl (C=O) groups excluding carboxylic acids is 1. The fourth-order valence-electron chi connectivity index (χ4n) is 3.44. The quantitative estimate of drug-likeness (QED) is 0.783. The van der Waals surface area contributed by atoms with Gasteiger partial charge in [-0.2, -0.15) is 0 Å². The third kappa shape index (κ3) is 2.78. The van der Waals surface area contributed by atoms with Gasteiger partial charge in [-0.3, -0.25) is 4.79 Å². The highest BCUT2D eigenvalue weighted by molar-refractivity contribution is 6.44. The number of hydrogen-bond acceptors (Lipinski definition) is 4. The van der Waals surface area contributed by atoms with Crippen LogP contribution in [-0.2, 0) is 22.5 Å². The molecule has 25 heavy (non-hydrogen) atoms. The molecule has 1 amide bonds. The van der Waals surface area contributed by atoms with Gasteiger partial charge in [0.1, 0.15) is 23.1 Å². The Morgan fingerprint density at radius 1 is 1.44 bits per heavy atom. The molecule has 6 nitrogen and oxygen atoms in total. The van der Waals surface area contributed by atoms with E-state index in [0.29, 0.717) is 42.6 Å². The summed E-state index contributed by atoms with van der Waals surface area (Å²) in [7, 11) is 0. The van der Waals surface area contributed by atoms with E-state index in [9.17, 15) is 4.79 Å². The van der Waals surface area contributed by atoms with E-state index in [0.717, 1.165) is 35.0 Å². The number of hydrogen-bond donors (Lipinski definition) is 2. The predicted octanol–water partition coefficient (Wildman–Crippen LogP) is 2.90. The molecule has 2 N–H and O–H groups in total. The molecule has 2 aromatic heterocycles. The maximum atomic E-state index is 11.9. The van der Waals surface area contributed by atoms with Crippen LogP contribution in [0.2, 0.25) is 10.2 Å². The van der Waals surface area contributed by atoms with Crippen molar-refractivity contribution in [2.45, 2.75) is 25.8 Å². The summed E-state index contributed by atoms with van der Waals surface area (Å²) in [6, 6.07) is 0. The number of aromatic amines is 1. The highest BCUT2D eigenvalue weighted by Gasteiger charge is 2.28. The first-order valence-corrected chi connectivity index (χ1v) is 8.96. The minimum atomic E-state index is -0.496. The number of ether oxygens (including phenoxy) is 1. The summed E-state index contributed by atoms with van der Waals surface area (Å²) in [5.74, 6) is 0.407. The van der Waals surface area contributed by atoms with E-state index in [-0.39, 0.29) is 11.1 Å². The molecule has 8 heteroatoms. The molecule has 4 rings (SSSR count). The van der Waals surface area contributed by atoms with Crippen LogP contribution >= 0.6 is 23.2 Å². The maximum absolute atomic E-state index is 11.9. The number of aliphatic hydroxyl groups excluding tert-OH is 1. The Kier molecular flexibility index (Phi) is 4.35. The highest BCUT2D eigenvalue weighted by atomic mass is 35.5. The molecule has 0 aromatic carbocycles. The van der Waals surface area contributed by atoms with Crippen LogP contribution < -0.4 is 0 Å². The van der Waals surface area contributed by atoms with Crippen LogP contribution in [0.1, 0.15) is 29.8 Å². The van der Waals surface area contributed by atoms with Crippen molar-refractivity contribution in [3.05, 3.63) is 33.2 Å². The van der Waals surface area contributed by atoms with Gasteiger partial charge >= 0.3 is 0 Å². The Morgan fingerprint density at radius 3 is 3.00 bits per heavy atom. The number of rotatable bonds is 2. The van der Waals surface area contributed by atoms with Gasteiger partial charge in [0.25, 0.3) is 0 Å². The van der Waals surface area contributed by atoms with E-state index in [4.69, 9.17) is 33.0 Å². The Balaban J connectivity index is 1.91. The molecule has 132 valence electrons. The number of nitrogens with zero attached hydrogens (tertiary/aromatic N) is 2. The lowest BCUT2D eigenvalue weighted by Crippen LogP contribution is -2.37. The van der Waals surface area contributed by atoms with E-state index in [1.165, 1.54) is 0 Å². The van der Waals surface area contributed by atoms with E-state index in [2.05, 4.69) is 9.97 Å². The molecule has 0 saturated carbocycles. The fraction of sp³-hybridized carbons (Fsp3) is 0.412. The van der Waals surface area contributed by atoms with Crippen LogP contribution in [-0.4, -0.2) is 45.6 Å². The Bertz CT molecular complexity index is 891. The Hall–Kier alpha value is -1.76. The first-order chi connectivity index (χ1) is 12.1. The normalized spacial score (nSPS) is 17.2. The van der Waals surface area contributed by atoms with Gasteiger partial charge < -0.3 is 19.7 Å². The van der Waals surface area contributed by atoms with Crippen molar-refractivity contribution in [2.75, 3.05) is 19.8 Å². The summed E-state index contributed by atoms with van der Waals surface area (Å²) in [5, 5.41) is 10.6. The molecular weight excluding hydrogens is 365 g/mol. The van der Waals surface area contributed by atoms with Gasteiger partial charge in [0.05, 0.1) is 12.1 Å². The smallest absolute Gasteiger partial charge is 0.248 e. The van der Waals surface area contributed by atoms with Crippen molar-refractivity contribution < 1.29 is 14.6 Å². The van der Waals surface area contributed by atoms with Gasteiger partial charge in [0, 0.05) is 36.2 Å². The number of carbonyl (C=O) groups is 1. The lowest BCUT2D eigenvalue weighted by Gasteiger charge is -2.27. The first kappa shape index (κ1) is 16.7. The van der Waals surface area contributed by atoms with Crippen LogP contribution in [0.3, 0.4) is 0 Å². The topological polar surface area (TPSA) is 78.5 Å². The van der Waals surface area contributed by atoms with Gasteiger partial charge in [-0.25, -0.2) is 4.98 Å². The molecule has 4 heterocycles. The molecule has 0 aliphatic carbocycles. The lowest BCUT2D eigenvalue weighted by molar-refractivity contribution is -0.135. The van der Waals surface area contributed by atoms with E-state index in [1.54, 1.807) is 4.90 Å². The van der Waals surface area contributed by atoms with Crippen molar-refractivity contribution >= 4 is 45.8 Å². The SMILES string of the molecule is O=C(CO)N1CCc2[nH]c3c(Cl)c(Cl)nc(C4=CCCCO4)c3c2C1. The van der Waals surface area contributed by atoms with Gasteiger partial charge in [-0.05, 0) is 18.9 Å². The van der Waals surface area contributed by atoms with Crippen molar-refractivity contribution in [1.82, 2.24) is 14.9 Å². The second-order valence-electron chi connectivity index (χ2n) is 6.18. The maximum Gasteiger partial charge on any atom is 0.248 e. The largest absolute Gasteiger partial charge is 0.492 e. The zero-order valence-electron chi connectivity index (χ0n) is 13.4. The lowest BCUT2D eigenvalue weighted by atomic mass is 10.0. The number of H-pyrrole nitrogens is 1. The molecule has 0 fully saturated rings. The van der Waals surface area contributed by atoms with Crippen molar-refractivity contribution in [1.29, 1.82) is 0 Å². The second kappa shape index (κ2) is 6.52. The van der Waals surface area contributed by atoms with E-state index in [1.807, 2.05) is 6.08 Å². The number of halogens is 2. The third-order valence-corrected chi connectivity index (χ3v) is 5.42. The fourth-order valence-corrected chi connectivity index (χ4v) is 3.80. The van der Waals surface area contributed by atoms with Crippen molar-refractivity contribution in [3.8, 4) is 0 Å². The summed E-state index contributed by atoms with van der Waals surface area (Å²) in [4.78, 5) is 21.4. The summed E-state index contributed by atoms with van der Waals surface area (Å²) >= 11 is 12.6. The molecule has 0 unspecified atom stereocenters. The number of fused-ring (bicyclic) bond motifs is 3. The summed E-state index contributed by atoms with van der Waals surface area (Å²) in [6.07, 6.45) is 4.55. The average molecular weight is 382 g/mol. The molecule has 0 saturated heterocycles. The average Bonchev–Trinajstić information content (AvgIpc) is 3.03. The van der Waals surface area contributed by atoms with E-state index >= 15 is 0 Å². The monoisotopic (exact) mass is 381 g/mol.